The molecule has 0 saturated heterocycles. The van der Waals surface area contributed by atoms with E-state index in [0.29, 0.717) is 23.6 Å². The van der Waals surface area contributed by atoms with Crippen LogP contribution in [-0.2, 0) is 16.3 Å². The van der Waals surface area contributed by atoms with Gasteiger partial charge in [0.1, 0.15) is 22.0 Å². The Morgan fingerprint density at radius 1 is 1.11 bits per heavy atom. The Bertz CT molecular complexity index is 1310. The molecule has 0 fully saturated rings. The monoisotopic (exact) mass is 519 g/mol. The topological polar surface area (TPSA) is 133 Å². The Labute approximate surface area is 208 Å². The molecule has 0 aliphatic rings. The third-order valence-corrected chi connectivity index (χ3v) is 7.50. The first kappa shape index (κ1) is 26.5. The summed E-state index contributed by atoms with van der Waals surface area (Å²) in [7, 11) is -2.88. The Balaban J connectivity index is 1.71. The lowest BCUT2D eigenvalue weighted by Gasteiger charge is -2.18. The first-order valence-electron chi connectivity index (χ1n) is 10.7. The molecule has 186 valence electrons. The molecule has 0 heterocycles. The summed E-state index contributed by atoms with van der Waals surface area (Å²) in [6.45, 7) is 2.27. The summed E-state index contributed by atoms with van der Waals surface area (Å²) in [4.78, 5) is 11.0. The van der Waals surface area contributed by atoms with Crippen molar-refractivity contribution in [2.45, 2.75) is 35.3 Å². The van der Waals surface area contributed by atoms with E-state index in [1.54, 1.807) is 36.4 Å². The molecule has 0 amide bonds. The van der Waals surface area contributed by atoms with Gasteiger partial charge in [0.15, 0.2) is 0 Å². The summed E-state index contributed by atoms with van der Waals surface area (Å²) in [5.74, 6) is -2.21. The van der Waals surface area contributed by atoms with E-state index in [0.717, 1.165) is 17.7 Å². The molecule has 2 atom stereocenters. The SMILES string of the molecule is COc1cc(O)c(C(=O)O)cc1S(=O)(=O)c1ccc(C[C@@H](C)NC[C@@H](O)c2cccc(Cl)c2)cc1. The number of hydrogen-bond acceptors (Lipinski definition) is 7. The quantitative estimate of drug-likeness (QED) is 0.317. The predicted octanol–water partition coefficient (Wildman–Crippen LogP) is 3.84. The number of aliphatic hydroxyl groups is 1. The second kappa shape index (κ2) is 11.1. The van der Waals surface area contributed by atoms with Crippen LogP contribution in [0.5, 0.6) is 11.5 Å². The number of nitrogens with one attached hydrogen (secondary N) is 1. The standard InChI is InChI=1S/C25H26ClNO7S/c1-15(27-14-22(29)17-4-3-5-18(26)11-17)10-16-6-8-19(9-7-16)35(32,33)24-12-20(25(30)31)21(28)13-23(24)34-2/h3-9,11-13,15,22,27-29H,10,14H2,1-2H3,(H,30,31)/t15-,22-/m1/s1. The smallest absolute Gasteiger partial charge is 0.339 e. The van der Waals surface area contributed by atoms with Crippen molar-refractivity contribution in [2.75, 3.05) is 13.7 Å². The third kappa shape index (κ3) is 6.32. The molecule has 0 radical (unpaired) electrons. The molecule has 0 aromatic heterocycles. The van der Waals surface area contributed by atoms with Gasteiger partial charge in [-0.25, -0.2) is 13.2 Å². The number of carboxylic acid groups (broad SMARTS) is 1. The van der Waals surface area contributed by atoms with Crippen molar-refractivity contribution >= 4 is 27.4 Å². The molecule has 0 aliphatic heterocycles. The van der Waals surface area contributed by atoms with Crippen LogP contribution in [0.3, 0.4) is 0 Å². The van der Waals surface area contributed by atoms with Gasteiger partial charge in [-0.05, 0) is 54.8 Å². The predicted molar refractivity (Wildman–Crippen MR) is 131 cm³/mol. The largest absolute Gasteiger partial charge is 0.507 e. The van der Waals surface area contributed by atoms with Crippen LogP contribution < -0.4 is 10.1 Å². The number of aromatic carboxylic acids is 1. The second-order valence-corrected chi connectivity index (χ2v) is 10.4. The Kier molecular flexibility index (Phi) is 8.39. The molecule has 0 saturated carbocycles. The molecule has 10 heteroatoms. The Morgan fingerprint density at radius 2 is 1.80 bits per heavy atom. The van der Waals surface area contributed by atoms with Crippen LogP contribution in [0.2, 0.25) is 5.02 Å². The zero-order valence-electron chi connectivity index (χ0n) is 19.1. The van der Waals surface area contributed by atoms with Gasteiger partial charge in [-0.15, -0.1) is 0 Å². The molecule has 3 aromatic rings. The molecule has 0 unspecified atom stereocenters. The number of sulfone groups is 1. The molecule has 4 N–H and O–H groups in total. The number of aromatic hydroxyl groups is 1. The minimum absolute atomic E-state index is 0.0124. The highest BCUT2D eigenvalue weighted by molar-refractivity contribution is 7.91. The van der Waals surface area contributed by atoms with Gasteiger partial charge in [0.2, 0.25) is 9.84 Å². The van der Waals surface area contributed by atoms with E-state index in [-0.39, 0.29) is 21.6 Å². The van der Waals surface area contributed by atoms with Crippen molar-refractivity contribution in [3.05, 3.63) is 82.4 Å². The van der Waals surface area contributed by atoms with Gasteiger partial charge in [0, 0.05) is 23.7 Å². The van der Waals surface area contributed by atoms with Crippen LogP contribution in [0.4, 0.5) is 0 Å². The normalized spacial score (nSPS) is 13.3. The van der Waals surface area contributed by atoms with E-state index in [4.69, 9.17) is 16.3 Å². The molecule has 0 bridgehead atoms. The number of carbonyl (C=O) groups is 1. The molecule has 8 nitrogen and oxygen atoms in total. The second-order valence-electron chi connectivity index (χ2n) is 8.06. The highest BCUT2D eigenvalue weighted by Gasteiger charge is 2.26. The van der Waals surface area contributed by atoms with Crippen molar-refractivity contribution in [3.8, 4) is 11.5 Å². The van der Waals surface area contributed by atoms with Gasteiger partial charge >= 0.3 is 5.97 Å². The number of phenols is 1. The minimum Gasteiger partial charge on any atom is -0.507 e. The highest BCUT2D eigenvalue weighted by Crippen LogP contribution is 2.35. The minimum atomic E-state index is -4.11. The van der Waals surface area contributed by atoms with Gasteiger partial charge < -0.3 is 25.4 Å². The molecule has 0 aliphatic carbocycles. The molecule has 0 spiro atoms. The zero-order valence-corrected chi connectivity index (χ0v) is 20.7. The lowest BCUT2D eigenvalue weighted by atomic mass is 10.1. The summed E-state index contributed by atoms with van der Waals surface area (Å²) in [6.07, 6.45) is -0.145. The van der Waals surface area contributed by atoms with E-state index in [2.05, 4.69) is 5.32 Å². The number of methoxy groups -OCH3 is 1. The third-order valence-electron chi connectivity index (χ3n) is 5.47. The van der Waals surface area contributed by atoms with Crippen molar-refractivity contribution in [1.82, 2.24) is 5.32 Å². The summed E-state index contributed by atoms with van der Waals surface area (Å²) in [5.41, 5.74) is 1.04. The van der Waals surface area contributed by atoms with Gasteiger partial charge in [0.05, 0.1) is 18.1 Å². The van der Waals surface area contributed by atoms with E-state index in [9.17, 15) is 28.5 Å². The average Bonchev–Trinajstić information content (AvgIpc) is 2.82. The number of aliphatic hydroxyl groups excluding tert-OH is 1. The zero-order chi connectivity index (χ0) is 25.8. The molecular formula is C25H26ClNO7S. The van der Waals surface area contributed by atoms with E-state index < -0.39 is 33.2 Å². The van der Waals surface area contributed by atoms with Crippen molar-refractivity contribution < 1.29 is 33.3 Å². The fourth-order valence-electron chi connectivity index (χ4n) is 3.59. The average molecular weight is 520 g/mol. The van der Waals surface area contributed by atoms with Gasteiger partial charge in [-0.3, -0.25) is 0 Å². The Hall–Kier alpha value is -3.11. The molecular weight excluding hydrogens is 494 g/mol. The maximum Gasteiger partial charge on any atom is 0.339 e. The maximum atomic E-state index is 13.2. The fourth-order valence-corrected chi connectivity index (χ4v) is 5.22. The van der Waals surface area contributed by atoms with Gasteiger partial charge in [0.25, 0.3) is 0 Å². The lowest BCUT2D eigenvalue weighted by Crippen LogP contribution is -2.32. The number of hydrogen-bond donors (Lipinski definition) is 4. The van der Waals surface area contributed by atoms with E-state index in [1.165, 1.54) is 19.2 Å². The Morgan fingerprint density at radius 3 is 2.40 bits per heavy atom. The molecule has 35 heavy (non-hydrogen) atoms. The number of rotatable bonds is 10. The first-order valence-corrected chi connectivity index (χ1v) is 12.5. The van der Waals surface area contributed by atoms with Crippen molar-refractivity contribution in [1.29, 1.82) is 0 Å². The summed E-state index contributed by atoms with van der Waals surface area (Å²) >= 11 is 5.97. The van der Waals surface area contributed by atoms with Crippen LogP contribution in [0.1, 0.15) is 34.5 Å². The first-order chi connectivity index (χ1) is 16.5. The van der Waals surface area contributed by atoms with Crippen LogP contribution in [0.25, 0.3) is 0 Å². The summed E-state index contributed by atoms with van der Waals surface area (Å²) in [6, 6.07) is 15.1. The van der Waals surface area contributed by atoms with Crippen molar-refractivity contribution in [2.24, 2.45) is 0 Å². The van der Waals surface area contributed by atoms with E-state index in [1.807, 2.05) is 6.92 Å². The molecule has 3 aromatic carbocycles. The van der Waals surface area contributed by atoms with Crippen LogP contribution in [0.15, 0.2) is 70.5 Å². The van der Waals surface area contributed by atoms with Gasteiger partial charge in [-0.1, -0.05) is 35.9 Å². The number of carboxylic acids is 1. The number of halogens is 1. The van der Waals surface area contributed by atoms with Gasteiger partial charge in [-0.2, -0.15) is 0 Å². The number of ether oxygens (including phenoxy) is 1. The van der Waals surface area contributed by atoms with Crippen LogP contribution in [-0.4, -0.2) is 49.4 Å². The molecule has 3 rings (SSSR count). The summed E-state index contributed by atoms with van der Waals surface area (Å²) in [5, 5.41) is 33.2. The maximum absolute atomic E-state index is 13.2. The number of benzene rings is 3. The van der Waals surface area contributed by atoms with Crippen molar-refractivity contribution in [3.63, 3.8) is 0 Å². The highest BCUT2D eigenvalue weighted by atomic mass is 35.5. The van der Waals surface area contributed by atoms with E-state index >= 15 is 0 Å². The fraction of sp³-hybridized carbons (Fsp3) is 0.240. The lowest BCUT2D eigenvalue weighted by molar-refractivity contribution is 0.0693. The van der Waals surface area contributed by atoms with Crippen LogP contribution >= 0.6 is 11.6 Å². The summed E-state index contributed by atoms with van der Waals surface area (Å²) < 4.78 is 31.4. The van der Waals surface area contributed by atoms with Crippen LogP contribution in [0, 0.1) is 0 Å².